The largest absolute Gasteiger partial charge is 0.493 e. The van der Waals surface area contributed by atoms with Crippen molar-refractivity contribution in [3.8, 4) is 11.5 Å². The van der Waals surface area contributed by atoms with Gasteiger partial charge in [-0.3, -0.25) is 4.79 Å². The van der Waals surface area contributed by atoms with E-state index in [4.69, 9.17) is 30.3 Å². The van der Waals surface area contributed by atoms with Gasteiger partial charge in [0.2, 0.25) is 0 Å². The van der Waals surface area contributed by atoms with Crippen LogP contribution < -0.4 is 9.47 Å². The van der Waals surface area contributed by atoms with Crippen LogP contribution in [-0.2, 0) is 18.0 Å². The Morgan fingerprint density at radius 1 is 1.29 bits per heavy atom. The van der Waals surface area contributed by atoms with Gasteiger partial charge in [0.05, 0.1) is 12.7 Å². The second kappa shape index (κ2) is 7.10. The number of rotatable bonds is 7. The first-order valence-corrected chi connectivity index (χ1v) is 6.44. The van der Waals surface area contributed by atoms with Crippen LogP contribution >= 0.6 is 11.6 Å². The van der Waals surface area contributed by atoms with Gasteiger partial charge in [0.15, 0.2) is 23.5 Å². The van der Waals surface area contributed by atoms with Crippen molar-refractivity contribution in [3.05, 3.63) is 40.2 Å². The van der Waals surface area contributed by atoms with E-state index in [1.807, 2.05) is 0 Å². The molecule has 0 N–H and O–H groups in total. The molecule has 21 heavy (non-hydrogen) atoms. The molecule has 0 aliphatic carbocycles. The van der Waals surface area contributed by atoms with Gasteiger partial charge in [-0.15, -0.1) is 0 Å². The molecule has 0 aliphatic rings. The maximum absolute atomic E-state index is 11.1. The van der Waals surface area contributed by atoms with Gasteiger partial charge < -0.3 is 18.7 Å². The van der Waals surface area contributed by atoms with Crippen molar-refractivity contribution in [3.63, 3.8) is 0 Å². The fraction of sp³-hybridized carbons (Fsp3) is 0.286. The summed E-state index contributed by atoms with van der Waals surface area (Å²) in [5, 5.41) is 4.24. The van der Waals surface area contributed by atoms with Crippen molar-refractivity contribution in [2.24, 2.45) is 0 Å². The Balaban J connectivity index is 2.16. The zero-order valence-electron chi connectivity index (χ0n) is 11.6. The molecule has 0 radical (unpaired) electrons. The van der Waals surface area contributed by atoms with Gasteiger partial charge in [-0.25, -0.2) is 0 Å². The average molecular weight is 312 g/mol. The highest BCUT2D eigenvalue weighted by Crippen LogP contribution is 2.34. The summed E-state index contributed by atoms with van der Waals surface area (Å²) >= 11 is 5.90. The molecule has 0 bridgehead atoms. The number of nitrogens with zero attached hydrogens (tertiary/aromatic N) is 1. The monoisotopic (exact) mass is 311 g/mol. The first kappa shape index (κ1) is 15.3. The Morgan fingerprint density at radius 3 is 2.76 bits per heavy atom. The second-order valence-corrected chi connectivity index (χ2v) is 4.59. The minimum absolute atomic E-state index is 0.131. The predicted octanol–water partition coefficient (Wildman–Crippen LogP) is 2.87. The molecule has 2 rings (SSSR count). The van der Waals surface area contributed by atoms with Crippen LogP contribution in [0.15, 0.2) is 22.7 Å². The summed E-state index contributed by atoms with van der Waals surface area (Å²) < 4.78 is 20.8. The number of ether oxygens (including phenoxy) is 3. The lowest BCUT2D eigenvalue weighted by Gasteiger charge is -2.12. The number of hydrogen-bond donors (Lipinski definition) is 0. The van der Waals surface area contributed by atoms with E-state index in [9.17, 15) is 4.79 Å². The summed E-state index contributed by atoms with van der Waals surface area (Å²) in [5.74, 6) is 1.29. The Kier molecular flexibility index (Phi) is 5.19. The van der Waals surface area contributed by atoms with Gasteiger partial charge in [-0.2, -0.15) is 0 Å². The van der Waals surface area contributed by atoms with Crippen LogP contribution in [0.3, 0.4) is 0 Å². The van der Waals surface area contributed by atoms with E-state index in [1.165, 1.54) is 13.2 Å². The molecule has 0 fully saturated rings. The van der Waals surface area contributed by atoms with Gasteiger partial charge >= 0.3 is 0 Å². The zero-order valence-corrected chi connectivity index (χ0v) is 12.3. The van der Waals surface area contributed by atoms with Crippen molar-refractivity contribution in [1.82, 2.24) is 5.16 Å². The number of methoxy groups -OCH3 is 2. The maximum Gasteiger partial charge on any atom is 0.172 e. The van der Waals surface area contributed by atoms with E-state index in [1.54, 1.807) is 19.2 Å². The van der Waals surface area contributed by atoms with Crippen LogP contribution in [0.2, 0.25) is 5.02 Å². The lowest BCUT2D eigenvalue weighted by atomic mass is 10.2. The molecule has 0 amide bonds. The Bertz CT molecular complexity index is 626. The number of carbonyl (C=O) groups is 1. The first-order valence-electron chi connectivity index (χ1n) is 6.06. The van der Waals surface area contributed by atoms with Crippen molar-refractivity contribution < 1.29 is 23.5 Å². The van der Waals surface area contributed by atoms with Gasteiger partial charge in [-0.05, 0) is 6.07 Å². The van der Waals surface area contributed by atoms with Crippen LogP contribution in [0, 0.1) is 0 Å². The third-order valence-corrected chi connectivity index (χ3v) is 2.87. The Morgan fingerprint density at radius 2 is 2.10 bits per heavy atom. The molecule has 0 saturated heterocycles. The Hall–Kier alpha value is -2.05. The molecule has 7 heteroatoms. The molecule has 112 valence electrons. The number of aldehydes is 1. The quantitative estimate of drug-likeness (QED) is 0.732. The number of halogens is 1. The summed E-state index contributed by atoms with van der Waals surface area (Å²) in [5.41, 5.74) is 0.885. The molecule has 2 aromatic rings. The van der Waals surface area contributed by atoms with E-state index < -0.39 is 0 Å². The van der Waals surface area contributed by atoms with E-state index in [2.05, 4.69) is 5.16 Å². The lowest BCUT2D eigenvalue weighted by Crippen LogP contribution is -2.01. The molecular formula is C14H14ClNO5. The normalized spacial score (nSPS) is 10.4. The van der Waals surface area contributed by atoms with Crippen LogP contribution in [0.4, 0.5) is 0 Å². The maximum atomic E-state index is 11.1. The SMILES string of the molecule is COCc1cc(COc2c(C=O)cc(Cl)cc2OC)no1. The summed E-state index contributed by atoms with van der Waals surface area (Å²) in [6.45, 7) is 0.461. The summed E-state index contributed by atoms with van der Waals surface area (Å²) in [7, 11) is 3.04. The topological polar surface area (TPSA) is 70.8 Å². The minimum atomic E-state index is 0.131. The molecule has 0 saturated carbocycles. The van der Waals surface area contributed by atoms with Gasteiger partial charge in [0.1, 0.15) is 18.9 Å². The highest BCUT2D eigenvalue weighted by molar-refractivity contribution is 6.31. The van der Waals surface area contributed by atoms with E-state index >= 15 is 0 Å². The van der Waals surface area contributed by atoms with E-state index in [-0.39, 0.29) is 6.61 Å². The average Bonchev–Trinajstić information content (AvgIpc) is 2.93. The van der Waals surface area contributed by atoms with Crippen LogP contribution in [-0.4, -0.2) is 25.7 Å². The van der Waals surface area contributed by atoms with Crippen molar-refractivity contribution >= 4 is 17.9 Å². The molecular weight excluding hydrogens is 298 g/mol. The molecule has 0 spiro atoms. The molecule has 1 heterocycles. The number of hydrogen-bond acceptors (Lipinski definition) is 6. The van der Waals surface area contributed by atoms with E-state index in [0.29, 0.717) is 46.4 Å². The van der Waals surface area contributed by atoms with Gasteiger partial charge in [0.25, 0.3) is 0 Å². The fourth-order valence-corrected chi connectivity index (χ4v) is 1.98. The van der Waals surface area contributed by atoms with Crippen molar-refractivity contribution in [2.45, 2.75) is 13.2 Å². The Labute approximate surface area is 126 Å². The van der Waals surface area contributed by atoms with Gasteiger partial charge in [-0.1, -0.05) is 16.8 Å². The number of benzene rings is 1. The minimum Gasteiger partial charge on any atom is -0.493 e. The summed E-state index contributed by atoms with van der Waals surface area (Å²) in [4.78, 5) is 11.1. The van der Waals surface area contributed by atoms with E-state index in [0.717, 1.165) is 0 Å². The third kappa shape index (κ3) is 3.74. The molecule has 0 aliphatic heterocycles. The predicted molar refractivity (Wildman–Crippen MR) is 74.9 cm³/mol. The summed E-state index contributed by atoms with van der Waals surface area (Å²) in [6.07, 6.45) is 0.656. The van der Waals surface area contributed by atoms with Crippen LogP contribution in [0.25, 0.3) is 0 Å². The molecule has 6 nitrogen and oxygen atoms in total. The second-order valence-electron chi connectivity index (χ2n) is 4.15. The highest BCUT2D eigenvalue weighted by Gasteiger charge is 2.14. The molecule has 0 unspecified atom stereocenters. The first-order chi connectivity index (χ1) is 10.2. The van der Waals surface area contributed by atoms with Gasteiger partial charge in [0, 0.05) is 24.3 Å². The third-order valence-electron chi connectivity index (χ3n) is 2.65. The summed E-state index contributed by atoms with van der Waals surface area (Å²) in [6, 6.07) is 4.79. The van der Waals surface area contributed by atoms with Crippen molar-refractivity contribution in [1.29, 1.82) is 0 Å². The smallest absolute Gasteiger partial charge is 0.172 e. The fourth-order valence-electron chi connectivity index (χ4n) is 1.76. The lowest BCUT2D eigenvalue weighted by molar-refractivity contribution is 0.111. The zero-order chi connectivity index (χ0) is 15.2. The van der Waals surface area contributed by atoms with Crippen LogP contribution in [0.5, 0.6) is 11.5 Å². The van der Waals surface area contributed by atoms with Crippen molar-refractivity contribution in [2.75, 3.05) is 14.2 Å². The molecule has 0 atom stereocenters. The number of aromatic nitrogens is 1. The van der Waals surface area contributed by atoms with Crippen LogP contribution in [0.1, 0.15) is 21.8 Å². The molecule has 1 aromatic carbocycles. The molecule has 1 aromatic heterocycles. The highest BCUT2D eigenvalue weighted by atomic mass is 35.5. The number of carbonyl (C=O) groups excluding carboxylic acids is 1. The standard InChI is InChI=1S/C14H14ClNO5/c1-18-8-12-5-11(16-21-12)7-20-14-9(6-17)3-10(15)4-13(14)19-2/h3-6H,7-8H2,1-2H3.